The van der Waals surface area contributed by atoms with E-state index in [0.717, 1.165) is 34.4 Å². The Kier molecular flexibility index (Phi) is 8.12. The van der Waals surface area contributed by atoms with Crippen LogP contribution in [0.15, 0.2) is 79.3 Å². The van der Waals surface area contributed by atoms with Crippen molar-refractivity contribution in [2.75, 3.05) is 0 Å². The fraction of sp³-hybridized carbons (Fsp3) is 0.154. The van der Waals surface area contributed by atoms with E-state index in [1.54, 1.807) is 6.33 Å². The number of aliphatic carboxylic acids is 2. The molecule has 0 spiro atoms. The third kappa shape index (κ3) is 6.52. The summed E-state index contributed by atoms with van der Waals surface area (Å²) in [6.07, 6.45) is 5.92. The summed E-state index contributed by atoms with van der Waals surface area (Å²) < 4.78 is 2.16. The van der Waals surface area contributed by atoms with Crippen LogP contribution in [-0.4, -0.2) is 42.5 Å². The van der Waals surface area contributed by atoms with Crippen molar-refractivity contribution in [2.45, 2.75) is 26.3 Å². The molecule has 2 aromatic heterocycles. The van der Waals surface area contributed by atoms with E-state index in [0.29, 0.717) is 25.0 Å². The number of imidazole rings is 1. The molecule has 8 nitrogen and oxygen atoms in total. The van der Waals surface area contributed by atoms with Crippen LogP contribution < -0.4 is 0 Å². The van der Waals surface area contributed by atoms with Gasteiger partial charge in [-0.1, -0.05) is 48.5 Å². The number of benzene rings is 2. The summed E-state index contributed by atoms with van der Waals surface area (Å²) >= 11 is 0. The van der Waals surface area contributed by atoms with Gasteiger partial charge in [0.05, 0.1) is 12.0 Å². The van der Waals surface area contributed by atoms with E-state index in [1.165, 1.54) is 5.56 Å². The normalized spacial score (nSPS) is 10.7. The first kappa shape index (κ1) is 24.2. The Bertz CT molecular complexity index is 1300. The Morgan fingerprint density at radius 2 is 1.62 bits per heavy atom. The van der Waals surface area contributed by atoms with E-state index in [4.69, 9.17) is 10.2 Å². The smallest absolute Gasteiger partial charge is 0.328 e. The second kappa shape index (κ2) is 11.4. The number of fused-ring (bicyclic) bond motifs is 1. The average molecular weight is 460 g/mol. The molecule has 0 fully saturated rings. The largest absolute Gasteiger partial charge is 0.478 e. The molecule has 4 aromatic rings. The number of hydrogen-bond acceptors (Lipinski definition) is 4. The van der Waals surface area contributed by atoms with E-state index in [9.17, 15) is 14.4 Å². The summed E-state index contributed by atoms with van der Waals surface area (Å²) in [6, 6.07) is 18.4. The highest BCUT2D eigenvalue weighted by Crippen LogP contribution is 2.24. The zero-order chi connectivity index (χ0) is 24.5. The molecule has 0 saturated carbocycles. The maximum Gasteiger partial charge on any atom is 0.328 e. The van der Waals surface area contributed by atoms with Gasteiger partial charge in [-0.25, -0.2) is 14.6 Å². The Morgan fingerprint density at radius 1 is 0.971 bits per heavy atom. The number of aromatic nitrogens is 3. The zero-order valence-corrected chi connectivity index (χ0v) is 18.6. The molecular formula is C26H25N3O5. The van der Waals surface area contributed by atoms with Crippen molar-refractivity contribution in [3.63, 3.8) is 0 Å². The quantitative estimate of drug-likeness (QED) is 0.267. The van der Waals surface area contributed by atoms with Gasteiger partial charge in [-0.2, -0.15) is 0 Å². The van der Waals surface area contributed by atoms with Crippen LogP contribution in [0.3, 0.4) is 0 Å². The lowest BCUT2D eigenvalue weighted by Crippen LogP contribution is -2.02. The molecule has 2 aromatic carbocycles. The molecule has 34 heavy (non-hydrogen) atoms. The number of H-pyrrole nitrogens is 1. The SMILES string of the molecule is Cc1[nH]cnc1CCC(=O)c1cn(Cc2ccccc2)c2ccccc12.O=C(O)/C=C\C(=O)O. The Labute approximate surface area is 196 Å². The minimum atomic E-state index is -1.26. The molecule has 4 rings (SSSR count). The number of para-hydroxylation sites is 1. The van der Waals surface area contributed by atoms with Gasteiger partial charge in [0.2, 0.25) is 0 Å². The van der Waals surface area contributed by atoms with Crippen molar-refractivity contribution in [1.82, 2.24) is 14.5 Å². The molecule has 0 atom stereocenters. The highest BCUT2D eigenvalue weighted by atomic mass is 16.4. The number of carbonyl (C=O) groups is 3. The van der Waals surface area contributed by atoms with Crippen LogP contribution >= 0.6 is 0 Å². The molecule has 0 aliphatic carbocycles. The number of carbonyl (C=O) groups excluding carboxylic acids is 1. The van der Waals surface area contributed by atoms with Gasteiger partial charge in [0.1, 0.15) is 0 Å². The first-order valence-corrected chi connectivity index (χ1v) is 10.6. The number of Topliss-reactive ketones (excluding diaryl/α,β-unsaturated/α-hetero) is 1. The number of nitrogens with zero attached hydrogens (tertiary/aromatic N) is 2. The summed E-state index contributed by atoms with van der Waals surface area (Å²) in [4.78, 5) is 39.3. The van der Waals surface area contributed by atoms with Crippen LogP contribution in [0.1, 0.15) is 33.7 Å². The van der Waals surface area contributed by atoms with Crippen molar-refractivity contribution in [3.8, 4) is 0 Å². The van der Waals surface area contributed by atoms with E-state index in [2.05, 4.69) is 32.7 Å². The number of rotatable bonds is 8. The van der Waals surface area contributed by atoms with Crippen LogP contribution in [0.25, 0.3) is 10.9 Å². The molecule has 0 radical (unpaired) electrons. The lowest BCUT2D eigenvalue weighted by molar-refractivity contribution is -0.134. The second-order valence-corrected chi connectivity index (χ2v) is 7.58. The summed E-state index contributed by atoms with van der Waals surface area (Å²) in [5.74, 6) is -2.35. The molecule has 8 heteroatoms. The zero-order valence-electron chi connectivity index (χ0n) is 18.6. The van der Waals surface area contributed by atoms with Gasteiger partial charge in [0, 0.05) is 53.5 Å². The van der Waals surface area contributed by atoms with E-state index >= 15 is 0 Å². The van der Waals surface area contributed by atoms with Crippen LogP contribution in [0, 0.1) is 6.92 Å². The number of carboxylic acid groups (broad SMARTS) is 2. The Balaban J connectivity index is 0.000000350. The predicted octanol–water partition coefficient (Wildman–Crippen LogP) is 4.25. The number of carboxylic acids is 2. The first-order valence-electron chi connectivity index (χ1n) is 10.6. The van der Waals surface area contributed by atoms with Crippen LogP contribution in [0.5, 0.6) is 0 Å². The fourth-order valence-electron chi connectivity index (χ4n) is 3.53. The number of aromatic amines is 1. The number of aryl methyl sites for hydroxylation is 2. The second-order valence-electron chi connectivity index (χ2n) is 7.58. The maximum absolute atomic E-state index is 12.9. The Hall–Kier alpha value is -4.46. The van der Waals surface area contributed by atoms with Crippen molar-refractivity contribution >= 4 is 28.6 Å². The molecule has 0 aliphatic rings. The first-order chi connectivity index (χ1) is 16.3. The molecule has 3 N–H and O–H groups in total. The topological polar surface area (TPSA) is 125 Å². The fourth-order valence-corrected chi connectivity index (χ4v) is 3.53. The van der Waals surface area contributed by atoms with Crippen LogP contribution in [-0.2, 0) is 22.6 Å². The standard InChI is InChI=1S/C22H21N3O.C4H4O4/c1-16-20(24-15-23-16)11-12-22(26)19-14-25(13-17-7-3-2-4-8-17)21-10-6-5-9-18(19)21;5-3(6)1-2-4(7)8/h2-10,14-15H,11-13H2,1H3,(H,23,24);1-2H,(H,5,6)(H,7,8)/b;2-1-. The van der Waals surface area contributed by atoms with Crippen molar-refractivity contribution < 1.29 is 24.6 Å². The molecule has 0 bridgehead atoms. The highest BCUT2D eigenvalue weighted by molar-refractivity contribution is 6.08. The number of nitrogens with one attached hydrogen (secondary N) is 1. The average Bonchev–Trinajstić information content (AvgIpc) is 3.41. The molecule has 0 saturated heterocycles. The third-order valence-corrected chi connectivity index (χ3v) is 5.18. The van der Waals surface area contributed by atoms with E-state index in [-0.39, 0.29) is 5.78 Å². The molecule has 174 valence electrons. The predicted molar refractivity (Wildman–Crippen MR) is 128 cm³/mol. The molecule has 0 amide bonds. The molecular weight excluding hydrogens is 434 g/mol. The van der Waals surface area contributed by atoms with Gasteiger partial charge in [0.25, 0.3) is 0 Å². The number of hydrogen-bond donors (Lipinski definition) is 3. The van der Waals surface area contributed by atoms with Crippen LogP contribution in [0.2, 0.25) is 0 Å². The van der Waals surface area contributed by atoms with Crippen molar-refractivity contribution in [3.05, 3.63) is 102 Å². The van der Waals surface area contributed by atoms with Crippen LogP contribution in [0.4, 0.5) is 0 Å². The van der Waals surface area contributed by atoms with Gasteiger partial charge >= 0.3 is 11.9 Å². The molecule has 0 aliphatic heterocycles. The number of ketones is 1. The molecule has 0 unspecified atom stereocenters. The van der Waals surface area contributed by atoms with Gasteiger partial charge in [-0.3, -0.25) is 4.79 Å². The van der Waals surface area contributed by atoms with Gasteiger partial charge in [0.15, 0.2) is 5.78 Å². The summed E-state index contributed by atoms with van der Waals surface area (Å²) in [7, 11) is 0. The van der Waals surface area contributed by atoms with Crippen molar-refractivity contribution in [1.29, 1.82) is 0 Å². The van der Waals surface area contributed by atoms with Gasteiger partial charge in [-0.15, -0.1) is 0 Å². The summed E-state index contributed by atoms with van der Waals surface area (Å²) in [6.45, 7) is 2.74. The third-order valence-electron chi connectivity index (χ3n) is 5.18. The minimum Gasteiger partial charge on any atom is -0.478 e. The monoisotopic (exact) mass is 459 g/mol. The Morgan fingerprint density at radius 3 is 2.24 bits per heavy atom. The lowest BCUT2D eigenvalue weighted by Gasteiger charge is -2.05. The lowest BCUT2D eigenvalue weighted by atomic mass is 10.0. The van der Waals surface area contributed by atoms with Gasteiger partial charge in [-0.05, 0) is 25.0 Å². The van der Waals surface area contributed by atoms with E-state index < -0.39 is 11.9 Å². The van der Waals surface area contributed by atoms with E-state index in [1.807, 2.05) is 49.5 Å². The maximum atomic E-state index is 12.9. The summed E-state index contributed by atoms with van der Waals surface area (Å²) in [5.41, 5.74) is 5.11. The molecule has 2 heterocycles. The summed E-state index contributed by atoms with van der Waals surface area (Å²) in [5, 5.41) is 16.6. The van der Waals surface area contributed by atoms with Crippen molar-refractivity contribution in [2.24, 2.45) is 0 Å². The van der Waals surface area contributed by atoms with Gasteiger partial charge < -0.3 is 19.8 Å². The minimum absolute atomic E-state index is 0.162. The highest BCUT2D eigenvalue weighted by Gasteiger charge is 2.16.